The van der Waals surface area contributed by atoms with E-state index in [0.717, 1.165) is 22.5 Å². The average Bonchev–Trinajstić information content (AvgIpc) is 2.70. The van der Waals surface area contributed by atoms with Crippen LogP contribution in [0.15, 0.2) is 85.1 Å². The topological polar surface area (TPSA) is 25.8 Å². The fourth-order valence-electron chi connectivity index (χ4n) is 2.38. The first kappa shape index (κ1) is 19.7. The van der Waals surface area contributed by atoms with Gasteiger partial charge in [-0.25, -0.2) is 6.08 Å². The van der Waals surface area contributed by atoms with Crippen LogP contribution in [-0.4, -0.2) is 9.97 Å². The summed E-state index contributed by atoms with van der Waals surface area (Å²) >= 11 is 0. The molecule has 3 heteroatoms. The van der Waals surface area contributed by atoms with Gasteiger partial charge in [-0.15, -0.1) is 48.9 Å². The minimum atomic E-state index is 0. The molecule has 2 nitrogen and oxygen atoms in total. The zero-order valence-corrected chi connectivity index (χ0v) is 16.8. The van der Waals surface area contributed by atoms with Crippen molar-refractivity contribution in [2.24, 2.45) is 0 Å². The van der Waals surface area contributed by atoms with Crippen molar-refractivity contribution in [2.75, 3.05) is 0 Å². The molecule has 131 valence electrons. The van der Waals surface area contributed by atoms with Gasteiger partial charge in [-0.2, -0.15) is 0 Å². The van der Waals surface area contributed by atoms with Crippen molar-refractivity contribution in [1.29, 1.82) is 0 Å². The summed E-state index contributed by atoms with van der Waals surface area (Å²) in [5.74, 6) is 0. The van der Waals surface area contributed by atoms with Crippen molar-refractivity contribution in [3.05, 3.63) is 103 Å². The van der Waals surface area contributed by atoms with Crippen molar-refractivity contribution >= 4 is 17.0 Å². The Balaban J connectivity index is 0.000000180. The molecule has 0 aliphatic heterocycles. The Bertz CT molecular complexity index is 914. The normalized spacial score (nSPS) is 10.0. The molecule has 0 unspecified atom stereocenters. The van der Waals surface area contributed by atoms with E-state index in [1.54, 1.807) is 6.20 Å². The smallest absolute Gasteiger partial charge is 0.0497 e. The summed E-state index contributed by atoms with van der Waals surface area (Å²) < 4.78 is 0. The number of hydrogen-bond acceptors (Lipinski definition) is 2. The van der Waals surface area contributed by atoms with E-state index in [2.05, 4.69) is 34.2 Å². The Morgan fingerprint density at radius 2 is 1.69 bits per heavy atom. The van der Waals surface area contributed by atoms with Gasteiger partial charge < -0.3 is 9.97 Å². The van der Waals surface area contributed by atoms with E-state index in [1.807, 2.05) is 79.7 Å². The molecular weight excluding hydrogens is 496 g/mol. The van der Waals surface area contributed by atoms with E-state index in [9.17, 15) is 0 Å². The van der Waals surface area contributed by atoms with Crippen LogP contribution in [0.2, 0.25) is 0 Å². The van der Waals surface area contributed by atoms with Gasteiger partial charge >= 0.3 is 0 Å². The van der Waals surface area contributed by atoms with Gasteiger partial charge in [-0.05, 0) is 23.2 Å². The molecule has 2 aromatic carbocycles. The van der Waals surface area contributed by atoms with Gasteiger partial charge in [0.2, 0.25) is 0 Å². The molecule has 0 bridgehead atoms. The van der Waals surface area contributed by atoms with Crippen molar-refractivity contribution in [1.82, 2.24) is 9.97 Å². The van der Waals surface area contributed by atoms with Gasteiger partial charge in [0.15, 0.2) is 0 Å². The van der Waals surface area contributed by atoms with Crippen molar-refractivity contribution < 1.29 is 20.1 Å². The number of hydrogen-bond donors (Lipinski definition) is 0. The summed E-state index contributed by atoms with van der Waals surface area (Å²) in [4.78, 5) is 8.66. The number of pyridine rings is 2. The van der Waals surface area contributed by atoms with Gasteiger partial charge in [-0.1, -0.05) is 42.1 Å². The SMILES string of the molecule is C[C-]=Cc1ccc2ccccc2n1.[Ir].[c-]1ccccc1-c1ccccn1. The van der Waals surface area contributed by atoms with Gasteiger partial charge in [-0.3, -0.25) is 6.08 Å². The van der Waals surface area contributed by atoms with E-state index in [-0.39, 0.29) is 20.1 Å². The van der Waals surface area contributed by atoms with Crippen molar-refractivity contribution in [3.63, 3.8) is 0 Å². The second kappa shape index (κ2) is 10.4. The Kier molecular flexibility index (Phi) is 7.88. The molecule has 0 saturated heterocycles. The maximum atomic E-state index is 4.45. The predicted molar refractivity (Wildman–Crippen MR) is 104 cm³/mol. The third-order valence-electron chi connectivity index (χ3n) is 3.56. The van der Waals surface area contributed by atoms with E-state index in [0.29, 0.717) is 0 Å². The largest absolute Gasteiger partial charge is 0.344 e. The predicted octanol–water partition coefficient (Wildman–Crippen LogP) is 5.62. The van der Waals surface area contributed by atoms with Crippen LogP contribution in [0.25, 0.3) is 28.2 Å². The van der Waals surface area contributed by atoms with Gasteiger partial charge in [0, 0.05) is 31.8 Å². The minimum absolute atomic E-state index is 0. The molecule has 0 fully saturated rings. The standard InChI is InChI=1S/C12H10N.C11H8N.Ir/c1-2-5-11-9-8-10-6-3-4-7-12(10)13-11;1-2-6-10(7-3-1)11-8-4-5-9-12-11;/h3-9H,1H3;1-6,8-9H;/q2*-1;. The molecule has 2 heterocycles. The van der Waals surface area contributed by atoms with Gasteiger partial charge in [0.25, 0.3) is 0 Å². The maximum absolute atomic E-state index is 4.45. The van der Waals surface area contributed by atoms with Crippen LogP contribution in [0.1, 0.15) is 12.6 Å². The summed E-state index contributed by atoms with van der Waals surface area (Å²) in [5.41, 5.74) is 4.00. The van der Waals surface area contributed by atoms with Crippen molar-refractivity contribution in [3.8, 4) is 11.3 Å². The molecule has 0 aliphatic rings. The number of nitrogens with zero attached hydrogens (tertiary/aromatic N) is 2. The van der Waals surface area contributed by atoms with Crippen LogP contribution < -0.4 is 0 Å². The van der Waals surface area contributed by atoms with E-state index in [4.69, 9.17) is 0 Å². The number of rotatable bonds is 2. The number of fused-ring (bicyclic) bond motifs is 1. The number of allylic oxidation sites excluding steroid dienone is 1. The number of para-hydroxylation sites is 1. The molecule has 26 heavy (non-hydrogen) atoms. The Morgan fingerprint density at radius 1 is 0.885 bits per heavy atom. The quantitative estimate of drug-likeness (QED) is 0.325. The van der Waals surface area contributed by atoms with E-state index >= 15 is 0 Å². The number of benzene rings is 2. The molecule has 4 aromatic rings. The Morgan fingerprint density at radius 3 is 2.42 bits per heavy atom. The molecule has 0 saturated carbocycles. The zero-order valence-electron chi connectivity index (χ0n) is 14.4. The van der Waals surface area contributed by atoms with Crippen LogP contribution in [0.3, 0.4) is 0 Å². The maximum Gasteiger partial charge on any atom is 0.0497 e. The molecule has 0 aliphatic carbocycles. The second-order valence-electron chi connectivity index (χ2n) is 5.35. The second-order valence-corrected chi connectivity index (χ2v) is 5.35. The molecule has 0 atom stereocenters. The fraction of sp³-hybridized carbons (Fsp3) is 0.0435. The van der Waals surface area contributed by atoms with Crippen molar-refractivity contribution in [2.45, 2.75) is 6.92 Å². The van der Waals surface area contributed by atoms with Crippen LogP contribution in [0, 0.1) is 12.1 Å². The minimum Gasteiger partial charge on any atom is -0.344 e. The van der Waals surface area contributed by atoms with Crippen LogP contribution >= 0.6 is 0 Å². The third-order valence-corrected chi connectivity index (χ3v) is 3.56. The van der Waals surface area contributed by atoms with E-state index in [1.165, 1.54) is 5.39 Å². The molecule has 0 N–H and O–H groups in total. The van der Waals surface area contributed by atoms with Crippen LogP contribution in [0.5, 0.6) is 0 Å². The first-order valence-corrected chi connectivity index (χ1v) is 8.11. The molecular formula is C23H18IrN2-2. The zero-order chi connectivity index (χ0) is 17.3. The van der Waals surface area contributed by atoms with E-state index < -0.39 is 0 Å². The molecule has 0 spiro atoms. The first-order valence-electron chi connectivity index (χ1n) is 8.11. The van der Waals surface area contributed by atoms with Crippen LogP contribution in [-0.2, 0) is 20.1 Å². The Hall–Kier alpha value is -2.61. The molecule has 4 rings (SSSR count). The third kappa shape index (κ3) is 5.45. The summed E-state index contributed by atoms with van der Waals surface area (Å²) in [6, 6.07) is 29.0. The summed E-state index contributed by atoms with van der Waals surface area (Å²) in [5, 5.41) is 1.18. The monoisotopic (exact) mass is 515 g/mol. The van der Waals surface area contributed by atoms with Gasteiger partial charge in [0.1, 0.15) is 0 Å². The molecule has 1 radical (unpaired) electrons. The average molecular weight is 515 g/mol. The first-order chi connectivity index (χ1) is 12.4. The fourth-order valence-corrected chi connectivity index (χ4v) is 2.38. The summed E-state index contributed by atoms with van der Waals surface area (Å²) in [7, 11) is 0. The molecule has 2 aromatic heterocycles. The van der Waals surface area contributed by atoms with Gasteiger partial charge in [0.05, 0.1) is 0 Å². The summed E-state index contributed by atoms with van der Waals surface area (Å²) in [6.07, 6.45) is 6.63. The molecule has 0 amide bonds. The summed E-state index contributed by atoms with van der Waals surface area (Å²) in [6.45, 7) is 1.87. The number of aromatic nitrogens is 2. The van der Waals surface area contributed by atoms with Crippen LogP contribution in [0.4, 0.5) is 0 Å². The Labute approximate surface area is 168 Å².